The molecule has 5 nitrogen and oxygen atoms in total. The molecule has 0 unspecified atom stereocenters. The predicted octanol–water partition coefficient (Wildman–Crippen LogP) is 4.44. The van der Waals surface area contributed by atoms with Gasteiger partial charge in [-0.3, -0.25) is 4.79 Å². The number of nitrogens with zero attached hydrogens (tertiary/aromatic N) is 1. The molecule has 0 saturated heterocycles. The summed E-state index contributed by atoms with van der Waals surface area (Å²) in [4.78, 5) is 13.2. The molecule has 3 aromatic carbocycles. The third kappa shape index (κ3) is 3.32. The van der Waals surface area contributed by atoms with Crippen LogP contribution in [0.4, 0.5) is 5.69 Å². The third-order valence-corrected chi connectivity index (χ3v) is 6.54. The molecule has 6 heteroatoms. The summed E-state index contributed by atoms with van der Waals surface area (Å²) in [6, 6.07) is 20.4. The molecule has 0 spiro atoms. The lowest BCUT2D eigenvalue weighted by Gasteiger charge is -2.20. The van der Waals surface area contributed by atoms with Gasteiger partial charge in [-0.2, -0.15) is 0 Å². The normalized spacial score (nSPS) is 14.9. The lowest BCUT2D eigenvalue weighted by atomic mass is 10.1. The molecule has 146 valence electrons. The van der Waals surface area contributed by atoms with Gasteiger partial charge in [0.2, 0.25) is 5.78 Å². The molecule has 1 aliphatic rings. The topological polar surface area (TPSA) is 63.7 Å². The number of benzene rings is 3. The van der Waals surface area contributed by atoms with Crippen LogP contribution in [0.25, 0.3) is 6.08 Å². The van der Waals surface area contributed by atoms with Gasteiger partial charge >= 0.3 is 0 Å². The van der Waals surface area contributed by atoms with Crippen LogP contribution in [0.1, 0.15) is 21.5 Å². The molecular weight excluding hydrogens is 386 g/mol. The Morgan fingerprint density at radius 3 is 2.21 bits per heavy atom. The Bertz CT molecular complexity index is 1210. The summed E-state index contributed by atoms with van der Waals surface area (Å²) >= 11 is 0. The van der Waals surface area contributed by atoms with Crippen LogP contribution in [0, 0.1) is 6.92 Å². The van der Waals surface area contributed by atoms with Crippen LogP contribution < -0.4 is 9.04 Å². The number of fused-ring (bicyclic) bond motifs is 1. The zero-order valence-electron chi connectivity index (χ0n) is 16.0. The number of sulfonamides is 1. The standard InChI is InChI=1S/C23H19NO4S/c1-16-7-13-19(14-8-16)29(26,27)24-21-6-4-3-5-20(21)23(25)22(24)15-17-9-11-18(28-2)12-10-17/h3-15H,1-2H3/b22-15-. The number of Topliss-reactive ketones (excluding diaryl/α,β-unsaturated/α-hetero) is 1. The van der Waals surface area contributed by atoms with E-state index in [1.54, 1.807) is 86.0 Å². The molecule has 0 fully saturated rings. The molecule has 0 saturated carbocycles. The van der Waals surface area contributed by atoms with Crippen molar-refractivity contribution in [3.8, 4) is 5.75 Å². The van der Waals surface area contributed by atoms with Gasteiger partial charge in [0.15, 0.2) is 0 Å². The molecule has 3 aromatic rings. The van der Waals surface area contributed by atoms with E-state index in [1.807, 2.05) is 6.92 Å². The van der Waals surface area contributed by atoms with E-state index in [9.17, 15) is 13.2 Å². The van der Waals surface area contributed by atoms with E-state index in [0.29, 0.717) is 22.6 Å². The Labute approximate surface area is 169 Å². The average molecular weight is 405 g/mol. The summed E-state index contributed by atoms with van der Waals surface area (Å²) in [6.45, 7) is 1.89. The quantitative estimate of drug-likeness (QED) is 0.602. The maximum Gasteiger partial charge on any atom is 0.268 e. The van der Waals surface area contributed by atoms with Crippen molar-refractivity contribution in [3.05, 3.63) is 95.2 Å². The molecule has 29 heavy (non-hydrogen) atoms. The van der Waals surface area contributed by atoms with Crippen molar-refractivity contribution in [2.24, 2.45) is 0 Å². The Morgan fingerprint density at radius 1 is 0.897 bits per heavy atom. The number of hydrogen-bond acceptors (Lipinski definition) is 4. The van der Waals surface area contributed by atoms with Gasteiger partial charge in [-0.1, -0.05) is 42.0 Å². The van der Waals surface area contributed by atoms with Gasteiger partial charge in [-0.15, -0.1) is 0 Å². The summed E-state index contributed by atoms with van der Waals surface area (Å²) in [5.41, 5.74) is 2.47. The minimum absolute atomic E-state index is 0.0944. The Kier molecular flexibility index (Phi) is 4.72. The Balaban J connectivity index is 1.88. The summed E-state index contributed by atoms with van der Waals surface area (Å²) < 4.78 is 33.2. The number of ether oxygens (including phenoxy) is 1. The number of carbonyl (C=O) groups excluding carboxylic acids is 1. The summed E-state index contributed by atoms with van der Waals surface area (Å²) in [6.07, 6.45) is 1.59. The molecule has 0 amide bonds. The first-order valence-corrected chi connectivity index (χ1v) is 10.5. The lowest BCUT2D eigenvalue weighted by Crippen LogP contribution is -2.28. The van der Waals surface area contributed by atoms with Crippen LogP contribution in [0.2, 0.25) is 0 Å². The highest BCUT2D eigenvalue weighted by molar-refractivity contribution is 7.93. The fourth-order valence-corrected chi connectivity index (χ4v) is 4.76. The minimum atomic E-state index is -3.96. The van der Waals surface area contributed by atoms with Crippen LogP contribution >= 0.6 is 0 Å². The number of ketones is 1. The molecule has 0 atom stereocenters. The first-order chi connectivity index (χ1) is 13.9. The number of methoxy groups -OCH3 is 1. The monoisotopic (exact) mass is 405 g/mol. The number of rotatable bonds is 4. The second kappa shape index (κ2) is 7.22. The first kappa shape index (κ1) is 19.0. The molecule has 0 aliphatic carbocycles. The molecule has 1 heterocycles. The van der Waals surface area contributed by atoms with Crippen molar-refractivity contribution in [1.82, 2.24) is 0 Å². The van der Waals surface area contributed by atoms with E-state index in [4.69, 9.17) is 4.74 Å². The summed E-state index contributed by atoms with van der Waals surface area (Å²) in [7, 11) is -2.39. The van der Waals surface area contributed by atoms with Gasteiger partial charge in [0, 0.05) is 5.56 Å². The van der Waals surface area contributed by atoms with Crippen LogP contribution in [0.15, 0.2) is 83.4 Å². The maximum absolute atomic E-state index is 13.5. The number of hydrogen-bond donors (Lipinski definition) is 0. The van der Waals surface area contributed by atoms with Crippen molar-refractivity contribution in [2.45, 2.75) is 11.8 Å². The maximum atomic E-state index is 13.5. The predicted molar refractivity (Wildman–Crippen MR) is 113 cm³/mol. The highest BCUT2D eigenvalue weighted by Crippen LogP contribution is 2.39. The molecule has 0 N–H and O–H groups in total. The average Bonchev–Trinajstić information content (AvgIpc) is 3.01. The second-order valence-electron chi connectivity index (χ2n) is 6.73. The van der Waals surface area contributed by atoms with Gasteiger partial charge in [0.1, 0.15) is 11.4 Å². The number of anilines is 1. The zero-order chi connectivity index (χ0) is 20.6. The number of carbonyl (C=O) groups is 1. The van der Waals surface area contributed by atoms with Crippen molar-refractivity contribution in [2.75, 3.05) is 11.4 Å². The van der Waals surface area contributed by atoms with E-state index in [2.05, 4.69) is 0 Å². The SMILES string of the molecule is COc1ccc(/C=C2/C(=O)c3ccccc3N2S(=O)(=O)c2ccc(C)cc2)cc1. The van der Waals surface area contributed by atoms with E-state index in [0.717, 1.165) is 9.87 Å². The van der Waals surface area contributed by atoms with Gasteiger partial charge in [-0.05, 0) is 55.0 Å². The Morgan fingerprint density at radius 2 is 1.55 bits per heavy atom. The number of aryl methyl sites for hydroxylation is 1. The smallest absolute Gasteiger partial charge is 0.268 e. The van der Waals surface area contributed by atoms with Crippen LogP contribution in [0.5, 0.6) is 5.75 Å². The molecule has 4 rings (SSSR count). The largest absolute Gasteiger partial charge is 0.497 e. The highest BCUT2D eigenvalue weighted by atomic mass is 32.2. The molecule has 0 aromatic heterocycles. The zero-order valence-corrected chi connectivity index (χ0v) is 16.8. The molecule has 0 bridgehead atoms. The lowest BCUT2D eigenvalue weighted by molar-refractivity contribution is 0.104. The molecular formula is C23H19NO4S. The second-order valence-corrected chi connectivity index (χ2v) is 8.52. The third-order valence-electron chi connectivity index (χ3n) is 4.80. The van der Waals surface area contributed by atoms with E-state index < -0.39 is 10.0 Å². The Hall–Kier alpha value is -3.38. The van der Waals surface area contributed by atoms with Crippen molar-refractivity contribution >= 4 is 27.6 Å². The van der Waals surface area contributed by atoms with E-state index in [-0.39, 0.29) is 16.4 Å². The highest BCUT2D eigenvalue weighted by Gasteiger charge is 2.40. The van der Waals surface area contributed by atoms with Crippen LogP contribution in [0.3, 0.4) is 0 Å². The van der Waals surface area contributed by atoms with Gasteiger partial charge < -0.3 is 4.74 Å². The van der Waals surface area contributed by atoms with E-state index >= 15 is 0 Å². The van der Waals surface area contributed by atoms with Gasteiger partial charge in [0.25, 0.3) is 10.0 Å². The van der Waals surface area contributed by atoms with Crippen LogP contribution in [-0.4, -0.2) is 21.3 Å². The number of allylic oxidation sites excluding steroid dienone is 1. The fourth-order valence-electron chi connectivity index (χ4n) is 3.26. The summed E-state index contributed by atoms with van der Waals surface area (Å²) in [5, 5.41) is 0. The van der Waals surface area contributed by atoms with Gasteiger partial charge in [0.05, 0.1) is 17.7 Å². The van der Waals surface area contributed by atoms with Crippen molar-refractivity contribution in [1.29, 1.82) is 0 Å². The number of para-hydroxylation sites is 1. The summed E-state index contributed by atoms with van der Waals surface area (Å²) in [5.74, 6) is 0.351. The fraction of sp³-hybridized carbons (Fsp3) is 0.0870. The van der Waals surface area contributed by atoms with Crippen molar-refractivity contribution in [3.63, 3.8) is 0 Å². The van der Waals surface area contributed by atoms with Gasteiger partial charge in [-0.25, -0.2) is 12.7 Å². The van der Waals surface area contributed by atoms with Crippen LogP contribution in [-0.2, 0) is 10.0 Å². The van der Waals surface area contributed by atoms with E-state index in [1.165, 1.54) is 0 Å². The molecule has 0 radical (unpaired) electrons. The molecule has 1 aliphatic heterocycles. The van der Waals surface area contributed by atoms with Crippen molar-refractivity contribution < 1.29 is 17.9 Å². The first-order valence-electron chi connectivity index (χ1n) is 9.03. The minimum Gasteiger partial charge on any atom is -0.497 e.